The van der Waals surface area contributed by atoms with Gasteiger partial charge >= 0.3 is 0 Å². The molecule has 0 aliphatic heterocycles. The lowest BCUT2D eigenvalue weighted by Gasteiger charge is -2.11. The normalized spacial score (nSPS) is 10.4. The Kier molecular flexibility index (Phi) is 5.32. The van der Waals surface area contributed by atoms with Gasteiger partial charge in [-0.1, -0.05) is 42.0 Å². The van der Waals surface area contributed by atoms with E-state index in [-0.39, 0.29) is 5.91 Å². The van der Waals surface area contributed by atoms with Crippen LogP contribution in [0.15, 0.2) is 60.8 Å². The molecule has 0 saturated carbocycles. The summed E-state index contributed by atoms with van der Waals surface area (Å²) in [6.07, 6.45) is 1.65. The maximum Gasteiger partial charge on any atom is 0.274 e. The molecule has 1 heterocycles. The van der Waals surface area contributed by atoms with Gasteiger partial charge in [0.05, 0.1) is 0 Å². The fraction of sp³-hybridized carbons (Fsp3) is 0.182. The zero-order valence-corrected chi connectivity index (χ0v) is 15.3. The molecule has 0 spiro atoms. The minimum absolute atomic E-state index is 0.210. The number of rotatable bonds is 5. The van der Waals surface area contributed by atoms with Crippen molar-refractivity contribution in [2.75, 3.05) is 10.6 Å². The average Bonchev–Trinajstić information content (AvgIpc) is 2.64. The third-order valence-corrected chi connectivity index (χ3v) is 4.25. The Hall–Kier alpha value is -3.14. The molecule has 1 amide bonds. The van der Waals surface area contributed by atoms with Crippen molar-refractivity contribution >= 4 is 17.3 Å². The van der Waals surface area contributed by atoms with Gasteiger partial charge in [-0.2, -0.15) is 0 Å². The molecule has 0 bridgehead atoms. The molecule has 26 heavy (non-hydrogen) atoms. The summed E-state index contributed by atoms with van der Waals surface area (Å²) >= 11 is 0. The van der Waals surface area contributed by atoms with Crippen LogP contribution in [0.4, 0.5) is 11.4 Å². The van der Waals surface area contributed by atoms with Crippen LogP contribution in [0.1, 0.15) is 32.7 Å². The smallest absolute Gasteiger partial charge is 0.274 e. The minimum atomic E-state index is -0.210. The van der Waals surface area contributed by atoms with E-state index in [9.17, 15) is 4.79 Å². The predicted octanol–water partition coefficient (Wildman–Crippen LogP) is 4.87. The summed E-state index contributed by atoms with van der Waals surface area (Å²) in [5, 5.41) is 6.29. The highest BCUT2D eigenvalue weighted by atomic mass is 16.1. The van der Waals surface area contributed by atoms with Gasteiger partial charge in [-0.15, -0.1) is 0 Å². The summed E-state index contributed by atoms with van der Waals surface area (Å²) in [5.74, 6) is -0.210. The van der Waals surface area contributed by atoms with E-state index in [2.05, 4.69) is 46.8 Å². The van der Waals surface area contributed by atoms with Gasteiger partial charge in [-0.25, -0.2) is 0 Å². The van der Waals surface area contributed by atoms with Gasteiger partial charge in [-0.05, 0) is 55.7 Å². The van der Waals surface area contributed by atoms with E-state index < -0.39 is 0 Å². The molecule has 0 atom stereocenters. The van der Waals surface area contributed by atoms with Crippen molar-refractivity contribution in [3.05, 3.63) is 88.7 Å². The maximum absolute atomic E-state index is 12.5. The molecule has 1 aromatic heterocycles. The Morgan fingerprint density at radius 3 is 2.42 bits per heavy atom. The second kappa shape index (κ2) is 7.83. The number of nitrogens with one attached hydrogen (secondary N) is 2. The van der Waals surface area contributed by atoms with Crippen molar-refractivity contribution < 1.29 is 4.79 Å². The molecule has 0 saturated heterocycles. The number of hydrogen-bond acceptors (Lipinski definition) is 3. The predicted molar refractivity (Wildman–Crippen MR) is 107 cm³/mol. The number of hydrogen-bond donors (Lipinski definition) is 2. The van der Waals surface area contributed by atoms with Gasteiger partial charge < -0.3 is 10.6 Å². The molecular weight excluding hydrogens is 322 g/mol. The third kappa shape index (κ3) is 4.48. The van der Waals surface area contributed by atoms with Gasteiger partial charge in [-0.3, -0.25) is 9.78 Å². The molecule has 4 heteroatoms. The maximum atomic E-state index is 12.5. The first kappa shape index (κ1) is 17.7. The average molecular weight is 345 g/mol. The zero-order chi connectivity index (χ0) is 18.5. The molecule has 3 rings (SSSR count). The third-order valence-electron chi connectivity index (χ3n) is 4.25. The Labute approximate surface area is 154 Å². The van der Waals surface area contributed by atoms with Gasteiger partial charge in [0, 0.05) is 24.1 Å². The molecule has 0 aliphatic rings. The lowest BCUT2D eigenvalue weighted by molar-refractivity contribution is 0.102. The van der Waals surface area contributed by atoms with Crippen LogP contribution >= 0.6 is 0 Å². The van der Waals surface area contributed by atoms with Crippen molar-refractivity contribution in [2.45, 2.75) is 27.3 Å². The van der Waals surface area contributed by atoms with Crippen LogP contribution in [-0.2, 0) is 6.54 Å². The van der Waals surface area contributed by atoms with Crippen molar-refractivity contribution in [3.63, 3.8) is 0 Å². The van der Waals surface area contributed by atoms with E-state index >= 15 is 0 Å². The first-order chi connectivity index (χ1) is 12.5. The Balaban J connectivity index is 1.69. The Morgan fingerprint density at radius 2 is 1.65 bits per heavy atom. The van der Waals surface area contributed by atoms with Crippen LogP contribution in [0.2, 0.25) is 0 Å². The van der Waals surface area contributed by atoms with Gasteiger partial charge in [0.2, 0.25) is 0 Å². The van der Waals surface area contributed by atoms with E-state index in [1.807, 2.05) is 38.1 Å². The van der Waals surface area contributed by atoms with E-state index in [0.29, 0.717) is 12.2 Å². The van der Waals surface area contributed by atoms with Gasteiger partial charge in [0.15, 0.2) is 0 Å². The first-order valence-electron chi connectivity index (χ1n) is 8.65. The number of amides is 1. The second-order valence-corrected chi connectivity index (χ2v) is 6.54. The molecule has 0 fully saturated rings. The van der Waals surface area contributed by atoms with E-state index in [0.717, 1.165) is 22.5 Å². The van der Waals surface area contributed by atoms with Crippen molar-refractivity contribution in [1.29, 1.82) is 0 Å². The highest BCUT2D eigenvalue weighted by molar-refractivity contribution is 6.03. The molecule has 2 aromatic carbocycles. The number of aryl methyl sites for hydroxylation is 3. The lowest BCUT2D eigenvalue weighted by atomic mass is 10.1. The van der Waals surface area contributed by atoms with Crippen LogP contribution in [-0.4, -0.2) is 10.9 Å². The first-order valence-corrected chi connectivity index (χ1v) is 8.65. The highest BCUT2D eigenvalue weighted by Crippen LogP contribution is 2.18. The summed E-state index contributed by atoms with van der Waals surface area (Å²) in [5.41, 5.74) is 6.63. The molecular formula is C22H23N3O. The van der Waals surface area contributed by atoms with Crippen LogP contribution in [0.25, 0.3) is 0 Å². The summed E-state index contributed by atoms with van der Waals surface area (Å²) in [7, 11) is 0. The second-order valence-electron chi connectivity index (χ2n) is 6.54. The molecule has 4 nitrogen and oxygen atoms in total. The van der Waals surface area contributed by atoms with Crippen LogP contribution < -0.4 is 10.6 Å². The fourth-order valence-corrected chi connectivity index (χ4v) is 2.63. The molecule has 2 N–H and O–H groups in total. The molecule has 0 radical (unpaired) electrons. The van der Waals surface area contributed by atoms with Crippen molar-refractivity contribution in [1.82, 2.24) is 4.98 Å². The topological polar surface area (TPSA) is 54.0 Å². The van der Waals surface area contributed by atoms with Crippen molar-refractivity contribution in [2.24, 2.45) is 0 Å². The Bertz CT molecular complexity index is 917. The fourth-order valence-electron chi connectivity index (χ4n) is 2.63. The standard InChI is InChI=1S/C22H23N3O/c1-15-5-8-18(9-6-15)14-24-19-10-11-23-21(13-19)22(26)25-20-12-16(2)4-7-17(20)3/h4-13H,14H2,1-3H3,(H,23,24)(H,25,26). The molecule has 0 unspecified atom stereocenters. The summed E-state index contributed by atoms with van der Waals surface area (Å²) in [6.45, 7) is 6.74. The summed E-state index contributed by atoms with van der Waals surface area (Å²) in [4.78, 5) is 16.7. The van der Waals surface area contributed by atoms with E-state index in [1.54, 1.807) is 12.3 Å². The quantitative estimate of drug-likeness (QED) is 0.693. The summed E-state index contributed by atoms with van der Waals surface area (Å²) < 4.78 is 0. The number of nitrogens with zero attached hydrogens (tertiary/aromatic N) is 1. The van der Waals surface area contributed by atoms with Gasteiger partial charge in [0.1, 0.15) is 5.69 Å². The number of anilines is 2. The number of benzene rings is 2. The molecule has 132 valence electrons. The lowest BCUT2D eigenvalue weighted by Crippen LogP contribution is -2.15. The monoisotopic (exact) mass is 345 g/mol. The number of carbonyl (C=O) groups excluding carboxylic acids is 1. The number of aromatic nitrogens is 1. The zero-order valence-electron chi connectivity index (χ0n) is 15.3. The SMILES string of the molecule is Cc1ccc(CNc2ccnc(C(=O)Nc3cc(C)ccc3C)c2)cc1. The molecule has 0 aliphatic carbocycles. The number of pyridine rings is 1. The Morgan fingerprint density at radius 1 is 0.923 bits per heavy atom. The van der Waals surface area contributed by atoms with Crippen molar-refractivity contribution in [3.8, 4) is 0 Å². The largest absolute Gasteiger partial charge is 0.381 e. The highest BCUT2D eigenvalue weighted by Gasteiger charge is 2.10. The summed E-state index contributed by atoms with van der Waals surface area (Å²) in [6, 6.07) is 18.0. The molecule has 3 aromatic rings. The van der Waals surface area contributed by atoms with Crippen LogP contribution in [0.3, 0.4) is 0 Å². The number of carbonyl (C=O) groups is 1. The van der Waals surface area contributed by atoms with E-state index in [4.69, 9.17) is 0 Å². The van der Waals surface area contributed by atoms with Crippen LogP contribution in [0, 0.1) is 20.8 Å². The van der Waals surface area contributed by atoms with E-state index in [1.165, 1.54) is 11.1 Å². The minimum Gasteiger partial charge on any atom is -0.381 e. The van der Waals surface area contributed by atoms with Gasteiger partial charge in [0.25, 0.3) is 5.91 Å². The van der Waals surface area contributed by atoms with Crippen LogP contribution in [0.5, 0.6) is 0 Å².